The number of aliphatic carboxylic acids is 1. The lowest BCUT2D eigenvalue weighted by atomic mass is 9.90. The number of hydrogen-bond acceptors (Lipinski definition) is 5. The Hall–Kier alpha value is -3.12. The van der Waals surface area contributed by atoms with Crippen molar-refractivity contribution in [2.45, 2.75) is 51.5 Å². The van der Waals surface area contributed by atoms with Gasteiger partial charge in [0.1, 0.15) is 11.5 Å². The van der Waals surface area contributed by atoms with Crippen LogP contribution in [0.4, 0.5) is 5.69 Å². The third-order valence-electron chi connectivity index (χ3n) is 7.46. The molecule has 3 aromatic rings. The molecule has 0 bridgehead atoms. The maximum absolute atomic E-state index is 11.2. The zero-order chi connectivity index (χ0) is 25.9. The van der Waals surface area contributed by atoms with E-state index in [0.717, 1.165) is 54.4 Å². The number of thioether (sulfide) groups is 1. The number of carbonyl (C=O) groups is 1. The fourth-order valence-corrected chi connectivity index (χ4v) is 6.22. The first kappa shape index (κ1) is 25.5. The minimum atomic E-state index is -0.791. The number of aryl methyl sites for hydroxylation is 2. The van der Waals surface area contributed by atoms with Crippen LogP contribution in [-0.2, 0) is 11.2 Å². The van der Waals surface area contributed by atoms with Crippen molar-refractivity contribution in [1.82, 2.24) is 0 Å². The van der Waals surface area contributed by atoms with E-state index < -0.39 is 5.97 Å². The van der Waals surface area contributed by atoms with Crippen LogP contribution in [0.25, 0.3) is 11.1 Å². The highest BCUT2D eigenvalue weighted by molar-refractivity contribution is 7.98. The van der Waals surface area contributed by atoms with Crippen molar-refractivity contribution in [3.05, 3.63) is 76.3 Å². The van der Waals surface area contributed by atoms with E-state index >= 15 is 0 Å². The summed E-state index contributed by atoms with van der Waals surface area (Å²) in [7, 11) is 0. The minimum Gasteiger partial charge on any atom is -0.494 e. The van der Waals surface area contributed by atoms with Crippen LogP contribution in [0.5, 0.6) is 11.5 Å². The predicted octanol–water partition coefficient (Wildman–Crippen LogP) is 7.15. The van der Waals surface area contributed by atoms with E-state index in [9.17, 15) is 4.79 Å². The van der Waals surface area contributed by atoms with Crippen LogP contribution in [0.3, 0.4) is 0 Å². The van der Waals surface area contributed by atoms with Crippen molar-refractivity contribution in [2.75, 3.05) is 30.5 Å². The second-order valence-corrected chi connectivity index (χ2v) is 11.1. The molecule has 0 saturated heterocycles. The predicted molar refractivity (Wildman–Crippen MR) is 151 cm³/mol. The van der Waals surface area contributed by atoms with Crippen molar-refractivity contribution in [3.8, 4) is 22.6 Å². The van der Waals surface area contributed by atoms with E-state index in [-0.39, 0.29) is 18.4 Å². The highest BCUT2D eigenvalue weighted by atomic mass is 32.2. The zero-order valence-corrected chi connectivity index (χ0v) is 22.6. The quantitative estimate of drug-likeness (QED) is 0.278. The summed E-state index contributed by atoms with van der Waals surface area (Å²) < 4.78 is 11.9. The molecule has 6 heteroatoms. The lowest BCUT2D eigenvalue weighted by Crippen LogP contribution is -2.08. The standard InChI is InChI=1S/C31H35NO4S/c1-19-14-23(35-12-5-13-37-3)15-20(2)31(19)27-7-4-6-26-25(27)10-11-28(26)32-22-8-9-24-21(16-30(33)34)18-36-29(24)17-22/h4,6-9,14-15,17,21,28,32H,5,10-13,16,18H2,1-3H3,(H,33,34). The first-order valence-corrected chi connectivity index (χ1v) is 14.4. The number of carboxylic acids is 1. The molecule has 0 spiro atoms. The van der Waals surface area contributed by atoms with Crippen molar-refractivity contribution >= 4 is 23.4 Å². The Morgan fingerprint density at radius 3 is 2.70 bits per heavy atom. The number of ether oxygens (including phenoxy) is 2. The topological polar surface area (TPSA) is 67.8 Å². The molecule has 0 radical (unpaired) electrons. The van der Waals surface area contributed by atoms with E-state index in [4.69, 9.17) is 14.6 Å². The van der Waals surface area contributed by atoms with Crippen molar-refractivity contribution in [3.63, 3.8) is 0 Å². The number of fused-ring (bicyclic) bond motifs is 2. The smallest absolute Gasteiger partial charge is 0.304 e. The van der Waals surface area contributed by atoms with Crippen LogP contribution in [0.15, 0.2) is 48.5 Å². The van der Waals surface area contributed by atoms with E-state index in [0.29, 0.717) is 6.61 Å². The average Bonchev–Trinajstić information content (AvgIpc) is 3.45. The second kappa shape index (κ2) is 11.1. The summed E-state index contributed by atoms with van der Waals surface area (Å²) >= 11 is 1.85. The van der Waals surface area contributed by atoms with Crippen molar-refractivity contribution in [2.24, 2.45) is 0 Å². The largest absolute Gasteiger partial charge is 0.494 e. The van der Waals surface area contributed by atoms with Gasteiger partial charge in [-0.05, 0) is 96.7 Å². The Labute approximate surface area is 223 Å². The van der Waals surface area contributed by atoms with Crippen LogP contribution in [0.1, 0.15) is 59.0 Å². The molecular formula is C31H35NO4S. The molecular weight excluding hydrogens is 482 g/mol. The summed E-state index contributed by atoms with van der Waals surface area (Å²) in [5.41, 5.74) is 9.88. The summed E-state index contributed by atoms with van der Waals surface area (Å²) in [4.78, 5) is 11.2. The monoisotopic (exact) mass is 517 g/mol. The molecule has 2 unspecified atom stereocenters. The van der Waals surface area contributed by atoms with Crippen molar-refractivity contribution in [1.29, 1.82) is 0 Å². The molecule has 2 aliphatic rings. The Bertz CT molecular complexity index is 1280. The van der Waals surface area contributed by atoms with Gasteiger partial charge >= 0.3 is 5.97 Å². The van der Waals surface area contributed by atoms with Gasteiger partial charge in [0.15, 0.2) is 0 Å². The Balaban J connectivity index is 1.35. The number of nitrogens with one attached hydrogen (secondary N) is 1. The maximum atomic E-state index is 11.2. The molecule has 3 aromatic carbocycles. The Kier molecular flexibility index (Phi) is 7.65. The van der Waals surface area contributed by atoms with Crippen LogP contribution < -0.4 is 14.8 Å². The van der Waals surface area contributed by atoms with Gasteiger partial charge in [0, 0.05) is 23.2 Å². The molecule has 0 fully saturated rings. The highest BCUT2D eigenvalue weighted by Gasteiger charge is 2.29. The molecule has 0 saturated carbocycles. The van der Waals surface area contributed by atoms with Gasteiger partial charge in [-0.2, -0.15) is 11.8 Å². The molecule has 1 aliphatic heterocycles. The second-order valence-electron chi connectivity index (χ2n) is 10.1. The molecule has 1 heterocycles. The van der Waals surface area contributed by atoms with Gasteiger partial charge in [0.05, 0.1) is 25.7 Å². The average molecular weight is 518 g/mol. The normalized spacial score (nSPS) is 17.7. The molecule has 2 atom stereocenters. The number of rotatable bonds is 10. The van der Waals surface area contributed by atoms with Gasteiger partial charge in [-0.15, -0.1) is 0 Å². The highest BCUT2D eigenvalue weighted by Crippen LogP contribution is 2.43. The van der Waals surface area contributed by atoms with Gasteiger partial charge in [-0.1, -0.05) is 24.3 Å². The van der Waals surface area contributed by atoms with Gasteiger partial charge in [-0.25, -0.2) is 0 Å². The summed E-state index contributed by atoms with van der Waals surface area (Å²) in [6.07, 6.45) is 5.34. The van der Waals surface area contributed by atoms with Gasteiger partial charge in [0.2, 0.25) is 0 Å². The summed E-state index contributed by atoms with van der Waals surface area (Å²) in [5, 5.41) is 12.9. The minimum absolute atomic E-state index is 0.0741. The molecule has 0 amide bonds. The SMILES string of the molecule is CSCCCOc1cc(C)c(-c2cccc3c2CCC3Nc2ccc3c(c2)OCC3CC(=O)O)c(C)c1. The van der Waals surface area contributed by atoms with Crippen molar-refractivity contribution < 1.29 is 19.4 Å². The van der Waals surface area contributed by atoms with Crippen LogP contribution in [0, 0.1) is 13.8 Å². The molecule has 0 aromatic heterocycles. The summed E-state index contributed by atoms with van der Waals surface area (Å²) in [6, 6.07) is 17.3. The van der Waals surface area contributed by atoms with E-state index in [1.807, 2.05) is 23.9 Å². The first-order chi connectivity index (χ1) is 17.9. The Morgan fingerprint density at radius 1 is 1.14 bits per heavy atom. The van der Waals surface area contributed by atoms with Crippen LogP contribution >= 0.6 is 11.8 Å². The summed E-state index contributed by atoms with van der Waals surface area (Å²) in [6.45, 7) is 5.55. The lowest BCUT2D eigenvalue weighted by Gasteiger charge is -2.19. The molecule has 5 rings (SSSR count). The van der Waals surface area contributed by atoms with Crippen LogP contribution in [-0.4, -0.2) is 36.3 Å². The Morgan fingerprint density at radius 2 is 1.95 bits per heavy atom. The molecule has 2 N–H and O–H groups in total. The molecule has 1 aliphatic carbocycles. The van der Waals surface area contributed by atoms with Gasteiger partial charge < -0.3 is 19.9 Å². The van der Waals surface area contributed by atoms with E-state index in [2.05, 4.69) is 61.8 Å². The van der Waals surface area contributed by atoms with Gasteiger partial charge in [-0.3, -0.25) is 4.79 Å². The van der Waals surface area contributed by atoms with E-state index in [1.165, 1.54) is 33.4 Å². The maximum Gasteiger partial charge on any atom is 0.304 e. The van der Waals surface area contributed by atoms with Gasteiger partial charge in [0.25, 0.3) is 0 Å². The van der Waals surface area contributed by atoms with E-state index in [1.54, 1.807) is 0 Å². The molecule has 194 valence electrons. The fourth-order valence-electron chi connectivity index (χ4n) is 5.81. The fraction of sp³-hybridized carbons (Fsp3) is 0.387. The molecule has 37 heavy (non-hydrogen) atoms. The third-order valence-corrected chi connectivity index (χ3v) is 8.16. The number of carboxylic acid groups (broad SMARTS) is 1. The molecule has 5 nitrogen and oxygen atoms in total. The summed E-state index contributed by atoms with van der Waals surface area (Å²) in [5.74, 6) is 2.00. The van der Waals surface area contributed by atoms with Crippen LogP contribution in [0.2, 0.25) is 0 Å². The lowest BCUT2D eigenvalue weighted by molar-refractivity contribution is -0.137. The number of benzene rings is 3. The number of anilines is 1. The third kappa shape index (κ3) is 5.45. The number of hydrogen-bond donors (Lipinski definition) is 2. The first-order valence-electron chi connectivity index (χ1n) is 13.0. The zero-order valence-electron chi connectivity index (χ0n) is 21.8.